The van der Waals surface area contributed by atoms with E-state index in [1.165, 1.54) is 0 Å². The number of benzene rings is 2. The van der Waals surface area contributed by atoms with Crippen LogP contribution in [0.4, 0.5) is 16.2 Å². The summed E-state index contributed by atoms with van der Waals surface area (Å²) in [5.74, 6) is 1.20. The predicted molar refractivity (Wildman–Crippen MR) is 128 cm³/mol. The lowest BCUT2D eigenvalue weighted by Crippen LogP contribution is -2.58. The maximum absolute atomic E-state index is 12.9. The molecule has 0 aliphatic carbocycles. The summed E-state index contributed by atoms with van der Waals surface area (Å²) < 4.78 is 11.4. The van der Waals surface area contributed by atoms with Crippen molar-refractivity contribution in [2.45, 2.75) is 19.9 Å². The molecule has 2 aliphatic rings. The molecule has 1 fully saturated rings. The van der Waals surface area contributed by atoms with Gasteiger partial charge in [-0.25, -0.2) is 4.79 Å². The van der Waals surface area contributed by atoms with Gasteiger partial charge in [0.25, 0.3) is 0 Å². The minimum Gasteiger partial charge on any atom is -0.490 e. The van der Waals surface area contributed by atoms with E-state index in [1.54, 1.807) is 4.90 Å². The van der Waals surface area contributed by atoms with E-state index >= 15 is 0 Å². The van der Waals surface area contributed by atoms with Gasteiger partial charge >= 0.3 is 6.03 Å². The molecule has 3 heterocycles. The minimum absolute atomic E-state index is 0.103. The van der Waals surface area contributed by atoms with Crippen molar-refractivity contribution in [3.63, 3.8) is 0 Å². The minimum atomic E-state index is -0.153. The monoisotopic (exact) mass is 461 g/mol. The highest BCUT2D eigenvalue weighted by Gasteiger charge is 2.32. The fourth-order valence-corrected chi connectivity index (χ4v) is 4.53. The molecule has 2 N–H and O–H groups in total. The van der Waals surface area contributed by atoms with Gasteiger partial charge in [0, 0.05) is 30.9 Å². The maximum Gasteiger partial charge on any atom is 0.321 e. The molecule has 34 heavy (non-hydrogen) atoms. The van der Waals surface area contributed by atoms with Gasteiger partial charge in [0.2, 0.25) is 5.91 Å². The van der Waals surface area contributed by atoms with Crippen molar-refractivity contribution in [3.8, 4) is 16.9 Å². The number of urea groups is 1. The number of amides is 3. The third-order valence-electron chi connectivity index (χ3n) is 6.27. The Labute approximate surface area is 197 Å². The zero-order chi connectivity index (χ0) is 23.7. The summed E-state index contributed by atoms with van der Waals surface area (Å²) in [6, 6.07) is 14.8. The van der Waals surface area contributed by atoms with E-state index in [9.17, 15) is 9.59 Å². The van der Waals surface area contributed by atoms with E-state index in [1.807, 2.05) is 62.4 Å². The number of carbonyl (C=O) groups is 2. The van der Waals surface area contributed by atoms with E-state index in [0.717, 1.165) is 28.3 Å². The number of para-hydroxylation sites is 1. The average molecular weight is 462 g/mol. The summed E-state index contributed by atoms with van der Waals surface area (Å²) in [6.45, 7) is 5.94. The molecular formula is C25H27N5O4. The van der Waals surface area contributed by atoms with Crippen molar-refractivity contribution in [3.05, 3.63) is 60.0 Å². The van der Waals surface area contributed by atoms with Crippen molar-refractivity contribution in [2.75, 3.05) is 43.4 Å². The van der Waals surface area contributed by atoms with Crippen LogP contribution in [0.1, 0.15) is 11.5 Å². The zero-order valence-corrected chi connectivity index (χ0v) is 19.2. The summed E-state index contributed by atoms with van der Waals surface area (Å²) in [6.07, 6.45) is 0. The Hall–Kier alpha value is -3.85. The lowest BCUT2D eigenvalue weighted by Gasteiger charge is -2.40. The second-order valence-electron chi connectivity index (χ2n) is 8.64. The summed E-state index contributed by atoms with van der Waals surface area (Å²) in [4.78, 5) is 29.5. The van der Waals surface area contributed by atoms with Gasteiger partial charge in [-0.3, -0.25) is 9.69 Å². The number of nitrogens with one attached hydrogen (secondary N) is 2. The van der Waals surface area contributed by atoms with Crippen LogP contribution in [0, 0.1) is 13.8 Å². The maximum atomic E-state index is 12.9. The number of aromatic nitrogens is 1. The summed E-state index contributed by atoms with van der Waals surface area (Å²) >= 11 is 0. The first kappa shape index (κ1) is 22.0. The fraction of sp³-hybridized carbons (Fsp3) is 0.320. The highest BCUT2D eigenvalue weighted by atomic mass is 16.5. The molecule has 3 aromatic rings. The molecule has 1 atom stereocenters. The van der Waals surface area contributed by atoms with Gasteiger partial charge in [-0.1, -0.05) is 29.4 Å². The number of aryl methyl sites for hydroxylation is 2. The lowest BCUT2D eigenvalue weighted by atomic mass is 10.0. The molecule has 9 heteroatoms. The van der Waals surface area contributed by atoms with E-state index < -0.39 is 0 Å². The van der Waals surface area contributed by atoms with Gasteiger partial charge < -0.3 is 24.8 Å². The van der Waals surface area contributed by atoms with E-state index in [4.69, 9.17) is 9.26 Å². The summed E-state index contributed by atoms with van der Waals surface area (Å²) in [5.41, 5.74) is 3.97. The Balaban J connectivity index is 1.33. The Morgan fingerprint density at radius 3 is 2.74 bits per heavy atom. The Morgan fingerprint density at radius 2 is 1.97 bits per heavy atom. The number of rotatable bonds is 2. The molecule has 0 unspecified atom stereocenters. The fourth-order valence-electron chi connectivity index (χ4n) is 4.53. The normalized spacial score (nSPS) is 18.5. The molecule has 176 valence electrons. The molecule has 3 amide bonds. The molecule has 0 spiro atoms. The molecule has 1 aromatic heterocycles. The third kappa shape index (κ3) is 4.47. The number of anilines is 2. The number of hydrogen-bond acceptors (Lipinski definition) is 6. The van der Waals surface area contributed by atoms with Crippen LogP contribution in [0.3, 0.4) is 0 Å². The number of piperazine rings is 1. The summed E-state index contributed by atoms with van der Waals surface area (Å²) in [5, 5.41) is 9.96. The highest BCUT2D eigenvalue weighted by molar-refractivity contribution is 5.95. The van der Waals surface area contributed by atoms with Crippen molar-refractivity contribution in [1.29, 1.82) is 0 Å². The molecule has 2 aliphatic heterocycles. The number of ether oxygens (including phenoxy) is 1. The van der Waals surface area contributed by atoms with Crippen molar-refractivity contribution in [1.82, 2.24) is 15.0 Å². The lowest BCUT2D eigenvalue weighted by molar-refractivity contribution is -0.118. The number of nitrogens with zero attached hydrogens (tertiary/aromatic N) is 3. The second-order valence-corrected chi connectivity index (χ2v) is 8.64. The van der Waals surface area contributed by atoms with Crippen LogP contribution in [-0.2, 0) is 4.79 Å². The Kier molecular flexibility index (Phi) is 5.93. The van der Waals surface area contributed by atoms with Crippen LogP contribution in [-0.4, -0.2) is 65.7 Å². The van der Waals surface area contributed by atoms with Gasteiger partial charge in [-0.15, -0.1) is 0 Å². The highest BCUT2D eigenvalue weighted by Crippen LogP contribution is 2.34. The van der Waals surface area contributed by atoms with Gasteiger partial charge in [0.15, 0.2) is 0 Å². The molecule has 5 rings (SSSR count). The SMILES string of the molecule is Cc1noc(C)c1-c1ccc2c(c1)NC(=O)CN1CCN(C(=O)Nc3ccccc3)C[C@@H]1CO2. The van der Waals surface area contributed by atoms with Crippen LogP contribution in [0.25, 0.3) is 11.1 Å². The first-order valence-electron chi connectivity index (χ1n) is 11.3. The standard InChI is InChI=1S/C25H27N5O4/c1-16-24(17(2)34-28-16)18-8-9-22-21(12-18)27-23(31)14-29-10-11-30(13-20(29)15-33-22)25(32)26-19-6-4-3-5-7-19/h3-9,12,20H,10-11,13-15H2,1-2H3,(H,26,32)(H,27,31)/t20-/m1/s1. The molecule has 0 saturated carbocycles. The molecule has 9 nitrogen and oxygen atoms in total. The zero-order valence-electron chi connectivity index (χ0n) is 19.2. The van der Waals surface area contributed by atoms with E-state index in [-0.39, 0.29) is 24.5 Å². The van der Waals surface area contributed by atoms with Crippen molar-refractivity contribution >= 4 is 23.3 Å². The van der Waals surface area contributed by atoms with Crippen LogP contribution in [0.15, 0.2) is 53.1 Å². The second kappa shape index (κ2) is 9.18. The molecule has 0 bridgehead atoms. The Morgan fingerprint density at radius 1 is 1.15 bits per heavy atom. The summed E-state index contributed by atoms with van der Waals surface area (Å²) in [7, 11) is 0. The number of fused-ring (bicyclic) bond motifs is 2. The van der Waals surface area contributed by atoms with Crippen LogP contribution in [0.2, 0.25) is 0 Å². The largest absolute Gasteiger partial charge is 0.490 e. The first-order valence-corrected chi connectivity index (χ1v) is 11.3. The van der Waals surface area contributed by atoms with Crippen molar-refractivity contribution in [2.24, 2.45) is 0 Å². The first-order chi connectivity index (χ1) is 16.5. The van der Waals surface area contributed by atoms with E-state index in [2.05, 4.69) is 20.7 Å². The molecule has 1 saturated heterocycles. The quantitative estimate of drug-likeness (QED) is 0.606. The number of carbonyl (C=O) groups excluding carboxylic acids is 2. The van der Waals surface area contributed by atoms with Gasteiger partial charge in [0.1, 0.15) is 18.1 Å². The smallest absolute Gasteiger partial charge is 0.321 e. The predicted octanol–water partition coefficient (Wildman–Crippen LogP) is 3.51. The van der Waals surface area contributed by atoms with Crippen LogP contribution >= 0.6 is 0 Å². The Bertz CT molecular complexity index is 1190. The third-order valence-corrected chi connectivity index (χ3v) is 6.27. The van der Waals surface area contributed by atoms with Crippen LogP contribution in [0.5, 0.6) is 5.75 Å². The van der Waals surface area contributed by atoms with Gasteiger partial charge in [-0.2, -0.15) is 0 Å². The van der Waals surface area contributed by atoms with Crippen molar-refractivity contribution < 1.29 is 18.8 Å². The molecule has 0 radical (unpaired) electrons. The topological polar surface area (TPSA) is 99.9 Å². The van der Waals surface area contributed by atoms with E-state index in [0.29, 0.717) is 37.7 Å². The van der Waals surface area contributed by atoms with Gasteiger partial charge in [0.05, 0.1) is 24.0 Å². The molecule has 2 aromatic carbocycles. The van der Waals surface area contributed by atoms with Gasteiger partial charge in [-0.05, 0) is 43.7 Å². The average Bonchev–Trinajstić information content (AvgIpc) is 3.19. The molecular weight excluding hydrogens is 434 g/mol. The van der Waals surface area contributed by atoms with Crippen LogP contribution < -0.4 is 15.4 Å². The number of hydrogen-bond donors (Lipinski definition) is 2.